The lowest BCUT2D eigenvalue weighted by Gasteiger charge is -2.38. The molecule has 19 heavy (non-hydrogen) atoms. The quantitative estimate of drug-likeness (QED) is 0.900. The predicted molar refractivity (Wildman–Crippen MR) is 75.7 cm³/mol. The maximum Gasteiger partial charge on any atom is 0.244 e. The van der Waals surface area contributed by atoms with Crippen LogP contribution >= 0.6 is 11.3 Å². The van der Waals surface area contributed by atoms with Crippen molar-refractivity contribution in [3.05, 3.63) is 16.3 Å². The normalized spacial score (nSPS) is 22.8. The summed E-state index contributed by atoms with van der Waals surface area (Å²) in [6, 6.07) is 1.85. The Kier molecular flexibility index (Phi) is 4.62. The Morgan fingerprint density at radius 1 is 1.47 bits per heavy atom. The van der Waals surface area contributed by atoms with Gasteiger partial charge in [-0.25, -0.2) is 8.42 Å². The van der Waals surface area contributed by atoms with Crippen LogP contribution in [-0.2, 0) is 16.6 Å². The molecular weight excluding hydrogens is 284 g/mol. The molecule has 1 fully saturated rings. The van der Waals surface area contributed by atoms with E-state index in [9.17, 15) is 13.5 Å². The number of hydrogen-bond acceptors (Lipinski definition) is 5. The van der Waals surface area contributed by atoms with Crippen LogP contribution < -0.4 is 0 Å². The molecule has 2 rings (SSSR count). The molecule has 1 N–H and O–H groups in total. The molecule has 0 aromatic carbocycles. The molecule has 1 aromatic heterocycles. The number of likely N-dealkylation sites (N-methyl/N-ethyl adjacent to an activating group) is 1. The van der Waals surface area contributed by atoms with Crippen LogP contribution in [0.1, 0.15) is 18.2 Å². The number of nitrogens with zero attached hydrogens (tertiary/aromatic N) is 2. The smallest absolute Gasteiger partial charge is 0.244 e. The molecule has 1 saturated heterocycles. The average molecular weight is 304 g/mol. The van der Waals surface area contributed by atoms with Gasteiger partial charge in [0.2, 0.25) is 10.0 Å². The van der Waals surface area contributed by atoms with Crippen molar-refractivity contribution in [2.24, 2.45) is 0 Å². The summed E-state index contributed by atoms with van der Waals surface area (Å²) in [6.07, 6.45) is 0.930. The highest BCUT2D eigenvalue weighted by Crippen LogP contribution is 2.27. The first-order valence-electron chi connectivity index (χ1n) is 6.38. The van der Waals surface area contributed by atoms with Crippen molar-refractivity contribution >= 4 is 21.4 Å². The molecule has 1 aliphatic rings. The summed E-state index contributed by atoms with van der Waals surface area (Å²) in [6.45, 7) is 3.63. The Morgan fingerprint density at radius 3 is 2.84 bits per heavy atom. The predicted octanol–water partition coefficient (Wildman–Crippen LogP) is 0.955. The topological polar surface area (TPSA) is 60.9 Å². The Bertz CT molecular complexity index is 527. The third-order valence-electron chi connectivity index (χ3n) is 3.68. The maximum absolute atomic E-state index is 12.6. The number of sulfonamides is 1. The van der Waals surface area contributed by atoms with Gasteiger partial charge >= 0.3 is 0 Å². The molecule has 0 aliphatic carbocycles. The standard InChI is InChI=1S/C12H20N2O3S2/c1-3-10-8-14(6-5-13(10)2)19(16,17)12-4-7-18-11(12)9-15/h4,7,10,15H,3,5-6,8-9H2,1-2H3. The minimum atomic E-state index is -3.47. The van der Waals surface area contributed by atoms with Crippen molar-refractivity contribution in [1.82, 2.24) is 9.21 Å². The van der Waals surface area contributed by atoms with E-state index in [0.717, 1.165) is 13.0 Å². The van der Waals surface area contributed by atoms with Gasteiger partial charge in [0.15, 0.2) is 0 Å². The van der Waals surface area contributed by atoms with Gasteiger partial charge in [-0.15, -0.1) is 11.3 Å². The maximum atomic E-state index is 12.6. The second-order valence-corrected chi connectivity index (χ2v) is 7.68. The highest BCUT2D eigenvalue weighted by Gasteiger charge is 2.33. The van der Waals surface area contributed by atoms with Crippen molar-refractivity contribution in [3.63, 3.8) is 0 Å². The Morgan fingerprint density at radius 2 is 2.21 bits per heavy atom. The van der Waals surface area contributed by atoms with E-state index in [-0.39, 0.29) is 17.5 Å². The lowest BCUT2D eigenvalue weighted by Crippen LogP contribution is -2.52. The molecule has 1 unspecified atom stereocenters. The van der Waals surface area contributed by atoms with E-state index in [4.69, 9.17) is 0 Å². The van der Waals surface area contributed by atoms with E-state index in [1.807, 2.05) is 7.05 Å². The number of aliphatic hydroxyl groups is 1. The molecule has 2 heterocycles. The minimum absolute atomic E-state index is 0.225. The summed E-state index contributed by atoms with van der Waals surface area (Å²) in [5.41, 5.74) is 0. The monoisotopic (exact) mass is 304 g/mol. The third kappa shape index (κ3) is 2.85. The van der Waals surface area contributed by atoms with Crippen molar-refractivity contribution in [3.8, 4) is 0 Å². The lowest BCUT2D eigenvalue weighted by molar-refractivity contribution is 0.144. The third-order valence-corrected chi connectivity index (χ3v) is 6.66. The van der Waals surface area contributed by atoms with Gasteiger partial charge in [-0.3, -0.25) is 0 Å². The summed E-state index contributed by atoms with van der Waals surface area (Å²) >= 11 is 1.28. The number of rotatable bonds is 4. The van der Waals surface area contributed by atoms with Gasteiger partial charge in [-0.05, 0) is 24.9 Å². The number of piperazine rings is 1. The van der Waals surface area contributed by atoms with Gasteiger partial charge in [0.1, 0.15) is 0 Å². The largest absolute Gasteiger partial charge is 0.391 e. The molecule has 1 aliphatic heterocycles. The molecular formula is C12H20N2O3S2. The van der Waals surface area contributed by atoms with Gasteiger partial charge in [-0.2, -0.15) is 4.31 Å². The van der Waals surface area contributed by atoms with Crippen LogP contribution in [0.2, 0.25) is 0 Å². The molecule has 5 nitrogen and oxygen atoms in total. The molecule has 0 amide bonds. The summed E-state index contributed by atoms with van der Waals surface area (Å²) in [5.74, 6) is 0. The van der Waals surface area contributed by atoms with Gasteiger partial charge in [0.25, 0.3) is 0 Å². The zero-order valence-electron chi connectivity index (χ0n) is 11.2. The zero-order valence-corrected chi connectivity index (χ0v) is 12.9. The van der Waals surface area contributed by atoms with Gasteiger partial charge in [-0.1, -0.05) is 6.92 Å². The highest BCUT2D eigenvalue weighted by molar-refractivity contribution is 7.89. The minimum Gasteiger partial charge on any atom is -0.391 e. The number of aliphatic hydroxyl groups excluding tert-OH is 1. The summed E-state index contributed by atoms with van der Waals surface area (Å²) in [5, 5.41) is 10.9. The van der Waals surface area contributed by atoms with Crippen LogP contribution in [0.25, 0.3) is 0 Å². The molecule has 0 bridgehead atoms. The second-order valence-electron chi connectivity index (χ2n) is 4.77. The summed E-state index contributed by atoms with van der Waals surface area (Å²) < 4.78 is 26.7. The van der Waals surface area contributed by atoms with E-state index in [1.165, 1.54) is 11.3 Å². The van der Waals surface area contributed by atoms with Crippen LogP contribution in [0.3, 0.4) is 0 Å². The average Bonchev–Trinajstić information content (AvgIpc) is 2.88. The van der Waals surface area contributed by atoms with E-state index in [0.29, 0.717) is 18.0 Å². The van der Waals surface area contributed by atoms with Gasteiger partial charge in [0, 0.05) is 30.6 Å². The van der Waals surface area contributed by atoms with Crippen LogP contribution in [0, 0.1) is 0 Å². The van der Waals surface area contributed by atoms with Crippen LogP contribution in [0.4, 0.5) is 0 Å². The molecule has 0 radical (unpaired) electrons. The molecule has 1 aromatic rings. The molecule has 7 heteroatoms. The lowest BCUT2D eigenvalue weighted by atomic mass is 10.1. The van der Waals surface area contributed by atoms with E-state index in [1.54, 1.807) is 15.8 Å². The molecule has 1 atom stereocenters. The fraction of sp³-hybridized carbons (Fsp3) is 0.667. The number of hydrogen-bond donors (Lipinski definition) is 1. The van der Waals surface area contributed by atoms with Gasteiger partial charge < -0.3 is 10.0 Å². The van der Waals surface area contributed by atoms with Crippen molar-refractivity contribution in [1.29, 1.82) is 0 Å². The van der Waals surface area contributed by atoms with E-state index >= 15 is 0 Å². The molecule has 0 spiro atoms. The SMILES string of the molecule is CCC1CN(S(=O)(=O)c2ccsc2CO)CCN1C. The fourth-order valence-corrected chi connectivity index (χ4v) is 5.12. The first-order valence-corrected chi connectivity index (χ1v) is 8.70. The Hall–Kier alpha value is -0.470. The van der Waals surface area contributed by atoms with Crippen LogP contribution in [0.15, 0.2) is 16.3 Å². The number of thiophene rings is 1. The highest BCUT2D eigenvalue weighted by atomic mass is 32.2. The Labute approximate surface area is 118 Å². The van der Waals surface area contributed by atoms with Crippen molar-refractivity contribution < 1.29 is 13.5 Å². The second kappa shape index (κ2) is 5.88. The van der Waals surface area contributed by atoms with Crippen LogP contribution in [0.5, 0.6) is 0 Å². The zero-order chi connectivity index (χ0) is 14.0. The fourth-order valence-electron chi connectivity index (χ4n) is 2.39. The van der Waals surface area contributed by atoms with Crippen LogP contribution in [-0.4, -0.2) is 55.5 Å². The van der Waals surface area contributed by atoms with E-state index < -0.39 is 10.0 Å². The molecule has 108 valence electrons. The van der Waals surface area contributed by atoms with Crippen molar-refractivity contribution in [2.45, 2.75) is 30.9 Å². The van der Waals surface area contributed by atoms with E-state index in [2.05, 4.69) is 11.8 Å². The van der Waals surface area contributed by atoms with Gasteiger partial charge in [0.05, 0.1) is 11.5 Å². The summed E-state index contributed by atoms with van der Waals surface area (Å²) in [7, 11) is -1.44. The summed E-state index contributed by atoms with van der Waals surface area (Å²) in [4.78, 5) is 2.98. The Balaban J connectivity index is 2.25. The van der Waals surface area contributed by atoms with Crippen molar-refractivity contribution in [2.75, 3.05) is 26.7 Å². The molecule has 0 saturated carbocycles. The first kappa shape index (κ1) is 14.9. The first-order chi connectivity index (χ1) is 9.00.